The summed E-state index contributed by atoms with van der Waals surface area (Å²) >= 11 is 0. The summed E-state index contributed by atoms with van der Waals surface area (Å²) in [6, 6.07) is 11.3. The summed E-state index contributed by atoms with van der Waals surface area (Å²) in [5.74, 6) is -0.801. The van der Waals surface area contributed by atoms with Gasteiger partial charge in [-0.1, -0.05) is 30.3 Å². The van der Waals surface area contributed by atoms with Crippen molar-refractivity contribution < 1.29 is 14.7 Å². The van der Waals surface area contributed by atoms with Crippen LogP contribution in [0.15, 0.2) is 36.4 Å². The number of aliphatic carboxylic acids is 1. The fourth-order valence-corrected chi connectivity index (χ4v) is 4.15. The molecule has 0 radical (unpaired) electrons. The molecule has 2 heterocycles. The van der Waals surface area contributed by atoms with Gasteiger partial charge in [0.15, 0.2) is 0 Å². The van der Waals surface area contributed by atoms with Gasteiger partial charge in [0.05, 0.1) is 11.0 Å². The van der Waals surface area contributed by atoms with E-state index in [0.717, 1.165) is 29.1 Å². The van der Waals surface area contributed by atoms with Gasteiger partial charge in [0.2, 0.25) is 0 Å². The number of carbonyl (C=O) groups excluding carboxylic acids is 1. The molecule has 1 fully saturated rings. The second kappa shape index (κ2) is 6.98. The topological polar surface area (TPSA) is 62.5 Å². The third-order valence-electron chi connectivity index (χ3n) is 5.76. The maximum atomic E-state index is 13.0. The number of likely N-dealkylation sites (tertiary alicyclic amines) is 1. The zero-order valence-corrected chi connectivity index (χ0v) is 15.7. The highest BCUT2D eigenvalue weighted by atomic mass is 16.4. The molecule has 1 aromatic carbocycles. The number of nitrogens with zero attached hydrogens (tertiary/aromatic N) is 2. The van der Waals surface area contributed by atoms with Crippen molar-refractivity contribution in [2.24, 2.45) is 0 Å². The van der Waals surface area contributed by atoms with E-state index in [9.17, 15) is 14.7 Å². The average Bonchev–Trinajstić information content (AvgIpc) is 2.95. The first-order valence-corrected chi connectivity index (χ1v) is 9.15. The van der Waals surface area contributed by atoms with E-state index in [2.05, 4.69) is 11.5 Å². The molecule has 0 aliphatic carbocycles. The molecule has 0 saturated carbocycles. The largest absolute Gasteiger partial charge is 0.481 e. The number of piperidine rings is 1. The van der Waals surface area contributed by atoms with Gasteiger partial charge in [0.1, 0.15) is 0 Å². The molecule has 1 aliphatic rings. The number of hydrogen-bond acceptors (Lipinski definition) is 2. The molecule has 138 valence electrons. The number of hydrogen-bond donors (Lipinski definition) is 1. The minimum Gasteiger partial charge on any atom is -0.481 e. The SMILES string of the molecule is CCn1c(C)cc(C(=O)N2CCC(C(=O)O)(c3ccccc3)CC2)c1C. The van der Waals surface area contributed by atoms with Crippen LogP contribution in [0.5, 0.6) is 0 Å². The van der Waals surface area contributed by atoms with Crippen LogP contribution in [-0.2, 0) is 16.8 Å². The summed E-state index contributed by atoms with van der Waals surface area (Å²) in [6.07, 6.45) is 0.870. The van der Waals surface area contributed by atoms with Gasteiger partial charge < -0.3 is 14.6 Å². The maximum absolute atomic E-state index is 13.0. The summed E-state index contributed by atoms with van der Waals surface area (Å²) < 4.78 is 2.13. The third kappa shape index (κ3) is 2.91. The summed E-state index contributed by atoms with van der Waals surface area (Å²) in [4.78, 5) is 26.8. The average molecular weight is 354 g/mol. The Morgan fingerprint density at radius 2 is 1.73 bits per heavy atom. The summed E-state index contributed by atoms with van der Waals surface area (Å²) in [6.45, 7) is 7.79. The van der Waals surface area contributed by atoms with Gasteiger partial charge in [-0.15, -0.1) is 0 Å². The minimum absolute atomic E-state index is 0.00449. The predicted molar refractivity (Wildman–Crippen MR) is 100 cm³/mol. The number of rotatable bonds is 4. The van der Waals surface area contributed by atoms with Crippen molar-refractivity contribution in [3.63, 3.8) is 0 Å². The van der Waals surface area contributed by atoms with E-state index in [-0.39, 0.29) is 5.91 Å². The quantitative estimate of drug-likeness (QED) is 0.915. The first kappa shape index (κ1) is 18.2. The lowest BCUT2D eigenvalue weighted by Crippen LogP contribution is -2.49. The van der Waals surface area contributed by atoms with Crippen LogP contribution >= 0.6 is 0 Å². The van der Waals surface area contributed by atoms with Gasteiger partial charge in [0, 0.05) is 31.0 Å². The molecule has 3 rings (SSSR count). The lowest BCUT2D eigenvalue weighted by molar-refractivity contribution is -0.145. The molecule has 26 heavy (non-hydrogen) atoms. The summed E-state index contributed by atoms with van der Waals surface area (Å²) in [5.41, 5.74) is 2.71. The molecule has 1 N–H and O–H groups in total. The first-order chi connectivity index (χ1) is 12.4. The van der Waals surface area contributed by atoms with E-state index in [1.807, 2.05) is 50.2 Å². The van der Waals surface area contributed by atoms with Crippen molar-refractivity contribution >= 4 is 11.9 Å². The molecule has 0 bridgehead atoms. The number of benzene rings is 1. The number of carbonyl (C=O) groups is 2. The number of amides is 1. The van der Waals surface area contributed by atoms with Crippen molar-refractivity contribution in [2.75, 3.05) is 13.1 Å². The lowest BCUT2D eigenvalue weighted by atomic mass is 9.73. The Bertz CT molecular complexity index is 815. The van der Waals surface area contributed by atoms with Gasteiger partial charge in [-0.25, -0.2) is 0 Å². The maximum Gasteiger partial charge on any atom is 0.314 e. The van der Waals surface area contributed by atoms with Gasteiger partial charge in [-0.3, -0.25) is 9.59 Å². The van der Waals surface area contributed by atoms with E-state index in [1.54, 1.807) is 4.90 Å². The van der Waals surface area contributed by atoms with Crippen molar-refractivity contribution in [3.8, 4) is 0 Å². The highest BCUT2D eigenvalue weighted by molar-refractivity contribution is 5.96. The van der Waals surface area contributed by atoms with Crippen LogP contribution in [0.4, 0.5) is 0 Å². The van der Waals surface area contributed by atoms with Crippen LogP contribution in [0.2, 0.25) is 0 Å². The van der Waals surface area contributed by atoms with E-state index in [4.69, 9.17) is 0 Å². The number of carboxylic acids is 1. The Balaban J connectivity index is 1.81. The second-order valence-electron chi connectivity index (χ2n) is 7.07. The third-order valence-corrected chi connectivity index (χ3v) is 5.76. The molecule has 2 aromatic rings. The van der Waals surface area contributed by atoms with E-state index >= 15 is 0 Å². The zero-order valence-electron chi connectivity index (χ0n) is 15.7. The summed E-state index contributed by atoms with van der Waals surface area (Å²) in [5, 5.41) is 9.89. The molecule has 1 saturated heterocycles. The highest BCUT2D eigenvalue weighted by Gasteiger charge is 2.44. The normalized spacial score (nSPS) is 16.5. The van der Waals surface area contributed by atoms with Crippen LogP contribution in [0.3, 0.4) is 0 Å². The molecule has 1 amide bonds. The van der Waals surface area contributed by atoms with Gasteiger partial charge in [0.25, 0.3) is 5.91 Å². The monoisotopic (exact) mass is 354 g/mol. The fraction of sp³-hybridized carbons (Fsp3) is 0.429. The van der Waals surface area contributed by atoms with Crippen LogP contribution in [0.25, 0.3) is 0 Å². The fourth-order valence-electron chi connectivity index (χ4n) is 4.15. The Labute approximate surface area is 154 Å². The first-order valence-electron chi connectivity index (χ1n) is 9.15. The van der Waals surface area contributed by atoms with Crippen LogP contribution in [0.1, 0.15) is 47.1 Å². The molecular formula is C21H26N2O3. The Hall–Kier alpha value is -2.56. The van der Waals surface area contributed by atoms with Crippen LogP contribution < -0.4 is 0 Å². The van der Waals surface area contributed by atoms with Crippen LogP contribution in [0, 0.1) is 13.8 Å². The van der Waals surface area contributed by atoms with E-state index < -0.39 is 11.4 Å². The van der Waals surface area contributed by atoms with Crippen molar-refractivity contribution in [1.29, 1.82) is 0 Å². The molecule has 5 nitrogen and oxygen atoms in total. The molecule has 1 aromatic heterocycles. The Morgan fingerprint density at radius 3 is 2.23 bits per heavy atom. The zero-order chi connectivity index (χ0) is 18.9. The van der Waals surface area contributed by atoms with Gasteiger partial charge >= 0.3 is 5.97 Å². The predicted octanol–water partition coefficient (Wildman–Crippen LogP) is 3.38. The highest BCUT2D eigenvalue weighted by Crippen LogP contribution is 2.36. The molecule has 0 atom stereocenters. The second-order valence-corrected chi connectivity index (χ2v) is 7.07. The number of aryl methyl sites for hydroxylation is 1. The Morgan fingerprint density at radius 1 is 1.12 bits per heavy atom. The Kier molecular flexibility index (Phi) is 4.90. The van der Waals surface area contributed by atoms with Crippen molar-refractivity contribution in [1.82, 2.24) is 9.47 Å². The standard InChI is InChI=1S/C21H26N2O3/c1-4-23-15(2)14-18(16(23)3)19(24)22-12-10-21(11-13-22,20(25)26)17-8-6-5-7-9-17/h5-9,14H,4,10-13H2,1-3H3,(H,25,26). The molecular weight excluding hydrogens is 328 g/mol. The smallest absolute Gasteiger partial charge is 0.314 e. The lowest BCUT2D eigenvalue weighted by Gasteiger charge is -2.39. The van der Waals surface area contributed by atoms with E-state index in [1.165, 1.54) is 0 Å². The van der Waals surface area contributed by atoms with E-state index in [0.29, 0.717) is 25.9 Å². The number of aromatic nitrogens is 1. The summed E-state index contributed by atoms with van der Waals surface area (Å²) in [7, 11) is 0. The molecule has 5 heteroatoms. The molecule has 0 spiro atoms. The van der Waals surface area contributed by atoms with Gasteiger partial charge in [-0.05, 0) is 45.2 Å². The van der Waals surface area contributed by atoms with Crippen LogP contribution in [-0.4, -0.2) is 39.5 Å². The molecule has 0 unspecified atom stereocenters. The minimum atomic E-state index is -0.904. The van der Waals surface area contributed by atoms with Gasteiger partial charge in [-0.2, -0.15) is 0 Å². The molecule has 1 aliphatic heterocycles. The van der Waals surface area contributed by atoms with Crippen molar-refractivity contribution in [2.45, 2.75) is 45.6 Å². The number of carboxylic acid groups (broad SMARTS) is 1. The van der Waals surface area contributed by atoms with Crippen molar-refractivity contribution in [3.05, 3.63) is 58.9 Å².